The minimum Gasteiger partial charge on any atom is -0.342 e. The Kier molecular flexibility index (Phi) is 6.61. The van der Waals surface area contributed by atoms with E-state index in [9.17, 15) is 4.79 Å². The van der Waals surface area contributed by atoms with Crippen molar-refractivity contribution in [2.45, 2.75) is 51.9 Å². The second-order valence-electron chi connectivity index (χ2n) is 6.34. The van der Waals surface area contributed by atoms with Crippen LogP contribution in [-0.2, 0) is 4.79 Å². The number of likely N-dealkylation sites (tertiary alicyclic amines) is 1. The number of rotatable bonds is 3. The molecule has 1 aliphatic carbocycles. The van der Waals surface area contributed by atoms with E-state index in [1.807, 2.05) is 14.0 Å². The van der Waals surface area contributed by atoms with Crippen LogP contribution in [0.25, 0.3) is 0 Å². The normalized spacial score (nSPS) is 23.8. The molecule has 0 aromatic heterocycles. The molecular formula is C15H29ClN2O. The summed E-state index contributed by atoms with van der Waals surface area (Å²) in [6.07, 6.45) is 9.52. The van der Waals surface area contributed by atoms with E-state index in [1.165, 1.54) is 44.9 Å². The zero-order chi connectivity index (χ0) is 13.0. The van der Waals surface area contributed by atoms with E-state index >= 15 is 0 Å². The van der Waals surface area contributed by atoms with Crippen LogP contribution in [0.4, 0.5) is 0 Å². The van der Waals surface area contributed by atoms with Crippen LogP contribution in [0.1, 0.15) is 51.9 Å². The van der Waals surface area contributed by atoms with Gasteiger partial charge in [0.25, 0.3) is 0 Å². The number of hydrogen-bond donors (Lipinski definition) is 1. The summed E-state index contributed by atoms with van der Waals surface area (Å²) in [5.74, 6) is 0.463. The lowest BCUT2D eigenvalue weighted by atomic mass is 9.68. The zero-order valence-corrected chi connectivity index (χ0v) is 13.2. The highest BCUT2D eigenvalue weighted by Crippen LogP contribution is 2.44. The lowest BCUT2D eigenvalue weighted by Crippen LogP contribution is -2.46. The molecule has 0 aromatic carbocycles. The topological polar surface area (TPSA) is 32.3 Å². The van der Waals surface area contributed by atoms with Crippen LogP contribution in [0.15, 0.2) is 0 Å². The number of piperidine rings is 1. The molecule has 19 heavy (non-hydrogen) atoms. The van der Waals surface area contributed by atoms with Crippen molar-refractivity contribution in [3.8, 4) is 0 Å². The Morgan fingerprint density at radius 1 is 1.16 bits per heavy atom. The van der Waals surface area contributed by atoms with E-state index < -0.39 is 0 Å². The minimum absolute atomic E-state index is 0. The average molecular weight is 289 g/mol. The smallest absolute Gasteiger partial charge is 0.226 e. The molecular weight excluding hydrogens is 260 g/mol. The number of nitrogens with zero attached hydrogens (tertiary/aromatic N) is 1. The third-order valence-corrected chi connectivity index (χ3v) is 4.98. The van der Waals surface area contributed by atoms with Gasteiger partial charge in [0.05, 0.1) is 0 Å². The van der Waals surface area contributed by atoms with E-state index in [-0.39, 0.29) is 18.3 Å². The minimum atomic E-state index is 0. The van der Waals surface area contributed by atoms with Crippen molar-refractivity contribution in [1.82, 2.24) is 10.2 Å². The van der Waals surface area contributed by atoms with Crippen molar-refractivity contribution in [2.75, 3.05) is 26.7 Å². The fraction of sp³-hybridized carbons (Fsp3) is 0.933. The van der Waals surface area contributed by atoms with E-state index in [2.05, 4.69) is 10.2 Å². The van der Waals surface area contributed by atoms with Crippen LogP contribution in [-0.4, -0.2) is 37.5 Å². The molecule has 2 aliphatic rings. The second-order valence-corrected chi connectivity index (χ2v) is 6.34. The van der Waals surface area contributed by atoms with Crippen LogP contribution in [0.2, 0.25) is 0 Å². The molecule has 1 spiro atoms. The molecule has 0 radical (unpaired) electrons. The molecule has 2 rings (SSSR count). The van der Waals surface area contributed by atoms with Gasteiger partial charge in [-0.05, 0) is 38.1 Å². The maximum atomic E-state index is 12.2. The summed E-state index contributed by atoms with van der Waals surface area (Å²) < 4.78 is 0. The number of amides is 1. The molecule has 1 N–H and O–H groups in total. The van der Waals surface area contributed by atoms with Gasteiger partial charge in [-0.3, -0.25) is 4.79 Å². The van der Waals surface area contributed by atoms with E-state index in [4.69, 9.17) is 0 Å². The zero-order valence-electron chi connectivity index (χ0n) is 12.4. The first-order valence-electron chi connectivity index (χ1n) is 7.60. The van der Waals surface area contributed by atoms with Gasteiger partial charge in [0.2, 0.25) is 5.91 Å². The first-order valence-corrected chi connectivity index (χ1v) is 7.60. The summed E-state index contributed by atoms with van der Waals surface area (Å²) in [4.78, 5) is 14.3. The highest BCUT2D eigenvalue weighted by Gasteiger charge is 2.37. The third-order valence-electron chi connectivity index (χ3n) is 4.98. The largest absolute Gasteiger partial charge is 0.342 e. The quantitative estimate of drug-likeness (QED) is 0.866. The van der Waals surface area contributed by atoms with Crippen molar-refractivity contribution in [3.05, 3.63) is 0 Å². The van der Waals surface area contributed by atoms with Crippen LogP contribution in [0.3, 0.4) is 0 Å². The first-order chi connectivity index (χ1) is 8.67. The molecule has 0 bridgehead atoms. The molecule has 1 heterocycles. The van der Waals surface area contributed by atoms with E-state index in [1.54, 1.807) is 0 Å². The highest BCUT2D eigenvalue weighted by molar-refractivity contribution is 5.85. The standard InChI is InChI=1S/C15H28N2O.ClH/c1-13(12-16-2)14(18)17-10-8-15(9-11-17)6-4-3-5-7-15;/h13,16H,3-12H2,1-2H3;1H. The lowest BCUT2D eigenvalue weighted by molar-refractivity contribution is -0.137. The SMILES string of the molecule is CNCC(C)C(=O)N1CCC2(CCCCC2)CC1.Cl. The molecule has 1 saturated carbocycles. The molecule has 2 fully saturated rings. The molecule has 1 amide bonds. The Balaban J connectivity index is 0.00000180. The van der Waals surface area contributed by atoms with Crippen molar-refractivity contribution in [3.63, 3.8) is 0 Å². The monoisotopic (exact) mass is 288 g/mol. The fourth-order valence-electron chi connectivity index (χ4n) is 3.71. The van der Waals surface area contributed by atoms with Gasteiger partial charge in [0, 0.05) is 25.6 Å². The molecule has 112 valence electrons. The van der Waals surface area contributed by atoms with Gasteiger partial charge in [-0.2, -0.15) is 0 Å². The Labute approximate surface area is 123 Å². The number of carbonyl (C=O) groups is 1. The molecule has 1 saturated heterocycles. The number of halogens is 1. The summed E-state index contributed by atoms with van der Waals surface area (Å²) >= 11 is 0. The van der Waals surface area contributed by atoms with Crippen molar-refractivity contribution in [2.24, 2.45) is 11.3 Å². The first kappa shape index (κ1) is 16.8. The Bertz CT molecular complexity index is 280. The Morgan fingerprint density at radius 3 is 2.26 bits per heavy atom. The van der Waals surface area contributed by atoms with Crippen LogP contribution >= 0.6 is 12.4 Å². The molecule has 4 heteroatoms. The highest BCUT2D eigenvalue weighted by atomic mass is 35.5. The van der Waals surface area contributed by atoms with Crippen LogP contribution in [0.5, 0.6) is 0 Å². The maximum Gasteiger partial charge on any atom is 0.226 e. The molecule has 3 nitrogen and oxygen atoms in total. The molecule has 1 unspecified atom stereocenters. The molecule has 1 aliphatic heterocycles. The van der Waals surface area contributed by atoms with Crippen LogP contribution < -0.4 is 5.32 Å². The Morgan fingerprint density at radius 2 is 1.74 bits per heavy atom. The number of hydrogen-bond acceptors (Lipinski definition) is 2. The van der Waals surface area contributed by atoms with Gasteiger partial charge in [-0.15, -0.1) is 12.4 Å². The number of nitrogens with one attached hydrogen (secondary N) is 1. The second kappa shape index (κ2) is 7.49. The van der Waals surface area contributed by atoms with Crippen molar-refractivity contribution in [1.29, 1.82) is 0 Å². The summed E-state index contributed by atoms with van der Waals surface area (Å²) in [5.41, 5.74) is 0.598. The van der Waals surface area contributed by atoms with Gasteiger partial charge in [0.15, 0.2) is 0 Å². The van der Waals surface area contributed by atoms with Gasteiger partial charge >= 0.3 is 0 Å². The van der Waals surface area contributed by atoms with Crippen LogP contribution in [0, 0.1) is 11.3 Å². The van der Waals surface area contributed by atoms with Gasteiger partial charge in [0.1, 0.15) is 0 Å². The average Bonchev–Trinajstić information content (AvgIpc) is 2.40. The predicted octanol–water partition coefficient (Wildman–Crippen LogP) is 2.84. The fourth-order valence-corrected chi connectivity index (χ4v) is 3.71. The van der Waals surface area contributed by atoms with Crippen molar-refractivity contribution >= 4 is 18.3 Å². The molecule has 1 atom stereocenters. The van der Waals surface area contributed by atoms with E-state index in [0.717, 1.165) is 19.6 Å². The van der Waals surface area contributed by atoms with E-state index in [0.29, 0.717) is 11.3 Å². The lowest BCUT2D eigenvalue weighted by Gasteiger charge is -2.44. The maximum absolute atomic E-state index is 12.2. The van der Waals surface area contributed by atoms with Gasteiger partial charge < -0.3 is 10.2 Å². The predicted molar refractivity (Wildman–Crippen MR) is 81.7 cm³/mol. The Hall–Kier alpha value is -0.280. The van der Waals surface area contributed by atoms with Gasteiger partial charge in [-0.25, -0.2) is 0 Å². The third kappa shape index (κ3) is 4.09. The summed E-state index contributed by atoms with van der Waals surface area (Å²) in [7, 11) is 1.91. The summed E-state index contributed by atoms with van der Waals surface area (Å²) in [6.45, 7) is 4.81. The number of carbonyl (C=O) groups excluding carboxylic acids is 1. The summed E-state index contributed by atoms with van der Waals surface area (Å²) in [5, 5.41) is 3.10. The van der Waals surface area contributed by atoms with Crippen molar-refractivity contribution < 1.29 is 4.79 Å². The van der Waals surface area contributed by atoms with Gasteiger partial charge in [-0.1, -0.05) is 26.2 Å². The summed E-state index contributed by atoms with van der Waals surface area (Å²) in [6, 6.07) is 0. The molecule has 0 aromatic rings.